The van der Waals surface area contributed by atoms with Crippen LogP contribution < -0.4 is 14.7 Å². The molecule has 1 N–H and O–H groups in total. The van der Waals surface area contributed by atoms with E-state index in [2.05, 4.69) is 4.90 Å². The van der Waals surface area contributed by atoms with Crippen molar-refractivity contribution in [2.24, 2.45) is 0 Å². The first-order valence-corrected chi connectivity index (χ1v) is 10.6. The van der Waals surface area contributed by atoms with Crippen LogP contribution in [0.25, 0.3) is 0 Å². The summed E-state index contributed by atoms with van der Waals surface area (Å²) in [7, 11) is 0. The zero-order valence-electron chi connectivity index (χ0n) is 16.5. The fourth-order valence-electron chi connectivity index (χ4n) is 4.34. The Balaban J connectivity index is 1.45. The van der Waals surface area contributed by atoms with Gasteiger partial charge >= 0.3 is 0 Å². The van der Waals surface area contributed by atoms with E-state index in [1.54, 1.807) is 6.07 Å². The molecule has 2 aliphatic heterocycles. The highest BCUT2D eigenvalue weighted by Crippen LogP contribution is 2.28. The van der Waals surface area contributed by atoms with Crippen molar-refractivity contribution in [1.29, 1.82) is 0 Å². The zero-order chi connectivity index (χ0) is 20.7. The van der Waals surface area contributed by atoms with E-state index in [1.807, 2.05) is 44.2 Å². The Labute approximate surface area is 180 Å². The number of amides is 2. The van der Waals surface area contributed by atoms with Crippen LogP contribution in [0, 0.1) is 13.8 Å². The Morgan fingerprint density at radius 3 is 2.34 bits per heavy atom. The van der Waals surface area contributed by atoms with E-state index >= 15 is 0 Å². The molecule has 2 aromatic rings. The molecule has 152 valence electrons. The molecule has 0 radical (unpaired) electrons. The van der Waals surface area contributed by atoms with E-state index in [1.165, 1.54) is 9.80 Å². The minimum atomic E-state index is -0.306. The molecule has 2 aliphatic rings. The second-order valence-corrected chi connectivity index (χ2v) is 8.67. The number of rotatable bonds is 3. The summed E-state index contributed by atoms with van der Waals surface area (Å²) in [6.07, 6.45) is 0.272. The van der Waals surface area contributed by atoms with Gasteiger partial charge in [0.15, 0.2) is 6.04 Å². The van der Waals surface area contributed by atoms with E-state index in [0.717, 1.165) is 43.0 Å². The number of anilines is 2. The average Bonchev–Trinajstić information content (AvgIpc) is 2.99. The van der Waals surface area contributed by atoms with E-state index in [0.29, 0.717) is 15.7 Å². The van der Waals surface area contributed by atoms with Gasteiger partial charge < -0.3 is 9.80 Å². The lowest BCUT2D eigenvalue weighted by Gasteiger charge is -2.35. The standard InChI is InChI=1S/C22H23Cl2N3O2/c1-14-3-6-19(15(2)11-14)27-21(28)13-20(22(27)29)26-9-7-25(8-10-26)16-4-5-17(23)18(24)12-16/h3-6,11-12,20H,7-10,13H2,1-2H3/p+1/t20-/m0/s1. The van der Waals surface area contributed by atoms with Gasteiger partial charge in [-0.05, 0) is 43.7 Å². The number of aryl methyl sites for hydroxylation is 2. The number of carbonyl (C=O) groups excluding carboxylic acids is 2. The first kappa shape index (κ1) is 20.2. The molecule has 0 saturated carbocycles. The van der Waals surface area contributed by atoms with Gasteiger partial charge in [0.05, 0.1) is 48.3 Å². The molecule has 0 bridgehead atoms. The number of nitrogens with zero attached hydrogens (tertiary/aromatic N) is 2. The van der Waals surface area contributed by atoms with E-state index in [4.69, 9.17) is 23.2 Å². The smallest absolute Gasteiger partial charge is 0.292 e. The van der Waals surface area contributed by atoms with Crippen molar-refractivity contribution >= 4 is 46.4 Å². The molecule has 2 saturated heterocycles. The topological polar surface area (TPSA) is 45.1 Å². The van der Waals surface area contributed by atoms with Crippen molar-refractivity contribution in [3.05, 3.63) is 57.6 Å². The van der Waals surface area contributed by atoms with Crippen LogP contribution >= 0.6 is 23.2 Å². The van der Waals surface area contributed by atoms with E-state index in [9.17, 15) is 9.59 Å². The summed E-state index contributed by atoms with van der Waals surface area (Å²) in [6, 6.07) is 11.2. The molecule has 0 aromatic heterocycles. The van der Waals surface area contributed by atoms with Gasteiger partial charge in [-0.3, -0.25) is 9.59 Å². The third-order valence-electron chi connectivity index (χ3n) is 5.91. The van der Waals surface area contributed by atoms with Crippen LogP contribution in [0.15, 0.2) is 36.4 Å². The number of benzene rings is 2. The van der Waals surface area contributed by atoms with E-state index in [-0.39, 0.29) is 24.3 Å². The summed E-state index contributed by atoms with van der Waals surface area (Å²) >= 11 is 12.2. The third kappa shape index (κ3) is 3.87. The maximum absolute atomic E-state index is 13.1. The minimum absolute atomic E-state index is 0.0834. The highest BCUT2D eigenvalue weighted by atomic mass is 35.5. The number of hydrogen-bond donors (Lipinski definition) is 1. The first-order chi connectivity index (χ1) is 13.8. The van der Waals surface area contributed by atoms with Gasteiger partial charge in [0.1, 0.15) is 0 Å². The Kier molecular flexibility index (Phi) is 5.56. The van der Waals surface area contributed by atoms with Gasteiger partial charge in [0, 0.05) is 5.69 Å². The predicted octanol–water partition coefficient (Wildman–Crippen LogP) is 2.65. The summed E-state index contributed by atoms with van der Waals surface area (Å²) in [5.74, 6) is -0.189. The summed E-state index contributed by atoms with van der Waals surface area (Å²) in [5, 5.41) is 1.08. The van der Waals surface area contributed by atoms with Gasteiger partial charge in [-0.2, -0.15) is 0 Å². The Morgan fingerprint density at radius 2 is 1.69 bits per heavy atom. The molecule has 0 aliphatic carbocycles. The molecule has 2 amide bonds. The SMILES string of the molecule is Cc1ccc(N2C(=O)C[C@H]([NH+]3CCN(c4ccc(Cl)c(Cl)c4)CC3)C2=O)c(C)c1. The molecule has 2 fully saturated rings. The molecule has 0 unspecified atom stereocenters. The lowest BCUT2D eigenvalue weighted by atomic mass is 10.1. The number of imide groups is 1. The summed E-state index contributed by atoms with van der Waals surface area (Å²) in [5.41, 5.74) is 3.81. The zero-order valence-corrected chi connectivity index (χ0v) is 18.1. The van der Waals surface area contributed by atoms with Gasteiger partial charge in [-0.25, -0.2) is 4.90 Å². The Morgan fingerprint density at radius 1 is 0.966 bits per heavy atom. The molecule has 29 heavy (non-hydrogen) atoms. The number of nitrogens with one attached hydrogen (secondary N) is 1. The fourth-order valence-corrected chi connectivity index (χ4v) is 4.63. The second kappa shape index (κ2) is 7.98. The van der Waals surface area contributed by atoms with Crippen molar-refractivity contribution in [1.82, 2.24) is 0 Å². The van der Waals surface area contributed by atoms with Crippen LogP contribution in [0.4, 0.5) is 11.4 Å². The monoisotopic (exact) mass is 432 g/mol. The predicted molar refractivity (Wildman–Crippen MR) is 116 cm³/mol. The Hall–Kier alpha value is -2.08. The lowest BCUT2D eigenvalue weighted by molar-refractivity contribution is -0.915. The number of piperazine rings is 1. The van der Waals surface area contributed by atoms with Gasteiger partial charge in [0.25, 0.3) is 5.91 Å². The molecule has 2 heterocycles. The van der Waals surface area contributed by atoms with Gasteiger partial charge in [-0.15, -0.1) is 0 Å². The lowest BCUT2D eigenvalue weighted by Crippen LogP contribution is -3.19. The second-order valence-electron chi connectivity index (χ2n) is 7.86. The maximum atomic E-state index is 13.1. The highest BCUT2D eigenvalue weighted by Gasteiger charge is 2.46. The molecule has 4 rings (SSSR count). The van der Waals surface area contributed by atoms with Gasteiger partial charge in [0.2, 0.25) is 5.91 Å². The molecule has 0 spiro atoms. The summed E-state index contributed by atoms with van der Waals surface area (Å²) in [4.78, 5) is 30.6. The molecule has 5 nitrogen and oxygen atoms in total. The molecule has 7 heteroatoms. The highest BCUT2D eigenvalue weighted by molar-refractivity contribution is 6.42. The molecule has 1 atom stereocenters. The Bertz CT molecular complexity index is 971. The largest absolute Gasteiger partial charge is 0.360 e. The third-order valence-corrected chi connectivity index (χ3v) is 6.65. The van der Waals surface area contributed by atoms with Crippen molar-refractivity contribution < 1.29 is 14.5 Å². The van der Waals surface area contributed by atoms with Crippen molar-refractivity contribution in [2.45, 2.75) is 26.3 Å². The molecule has 2 aromatic carbocycles. The summed E-state index contributed by atoms with van der Waals surface area (Å²) in [6.45, 7) is 7.14. The van der Waals surface area contributed by atoms with Gasteiger partial charge in [-0.1, -0.05) is 40.9 Å². The van der Waals surface area contributed by atoms with Crippen LogP contribution in [-0.4, -0.2) is 44.0 Å². The normalized spacial score (nSPS) is 20.6. The molecular weight excluding hydrogens is 409 g/mol. The van der Waals surface area contributed by atoms with Crippen LogP contribution in [0.2, 0.25) is 10.0 Å². The van der Waals surface area contributed by atoms with Crippen molar-refractivity contribution in [2.75, 3.05) is 36.0 Å². The van der Waals surface area contributed by atoms with Crippen LogP contribution in [0.1, 0.15) is 17.5 Å². The van der Waals surface area contributed by atoms with Crippen LogP contribution in [0.5, 0.6) is 0 Å². The van der Waals surface area contributed by atoms with Crippen molar-refractivity contribution in [3.63, 3.8) is 0 Å². The maximum Gasteiger partial charge on any atom is 0.292 e. The number of halogens is 2. The van der Waals surface area contributed by atoms with Crippen LogP contribution in [-0.2, 0) is 9.59 Å². The number of hydrogen-bond acceptors (Lipinski definition) is 3. The fraction of sp³-hybridized carbons (Fsp3) is 0.364. The number of carbonyl (C=O) groups is 2. The average molecular weight is 433 g/mol. The van der Waals surface area contributed by atoms with Crippen LogP contribution in [0.3, 0.4) is 0 Å². The quantitative estimate of drug-likeness (QED) is 0.758. The minimum Gasteiger partial charge on any atom is -0.360 e. The molecular formula is C22H24Cl2N3O2+. The first-order valence-electron chi connectivity index (χ1n) is 9.84. The van der Waals surface area contributed by atoms with E-state index < -0.39 is 0 Å². The van der Waals surface area contributed by atoms with Crippen molar-refractivity contribution in [3.8, 4) is 0 Å². The number of quaternary nitrogens is 1. The summed E-state index contributed by atoms with van der Waals surface area (Å²) < 4.78 is 0.